The first kappa shape index (κ1) is 12.6. The fourth-order valence-electron chi connectivity index (χ4n) is 2.25. The largest absolute Gasteiger partial charge is 0.329 e. The van der Waals surface area contributed by atoms with Crippen molar-refractivity contribution in [2.24, 2.45) is 0 Å². The zero-order valence-electron chi connectivity index (χ0n) is 11.1. The molecule has 0 spiro atoms. The molecule has 0 aliphatic heterocycles. The van der Waals surface area contributed by atoms with Gasteiger partial charge in [-0.25, -0.2) is 4.98 Å². The van der Waals surface area contributed by atoms with Crippen molar-refractivity contribution >= 4 is 5.78 Å². The highest BCUT2D eigenvalue weighted by atomic mass is 16.1. The van der Waals surface area contributed by atoms with Crippen LogP contribution in [0.5, 0.6) is 0 Å². The maximum absolute atomic E-state index is 12.2. The molecule has 2 rings (SSSR count). The van der Waals surface area contributed by atoms with E-state index in [2.05, 4.69) is 23.2 Å². The molecule has 94 valence electrons. The van der Waals surface area contributed by atoms with Crippen LogP contribution in [0.15, 0.2) is 30.6 Å². The Morgan fingerprint density at radius 3 is 2.50 bits per heavy atom. The number of rotatable bonds is 4. The fraction of sp³-hybridized carbons (Fsp3) is 0.333. The van der Waals surface area contributed by atoms with Gasteiger partial charge in [-0.2, -0.15) is 0 Å². The third-order valence-corrected chi connectivity index (χ3v) is 2.95. The van der Waals surface area contributed by atoms with E-state index in [9.17, 15) is 4.79 Å². The Kier molecular flexibility index (Phi) is 3.60. The Balaban J connectivity index is 2.21. The Morgan fingerprint density at radius 2 is 1.89 bits per heavy atom. The van der Waals surface area contributed by atoms with E-state index in [-0.39, 0.29) is 5.78 Å². The average Bonchev–Trinajstić information content (AvgIpc) is 2.75. The summed E-state index contributed by atoms with van der Waals surface area (Å²) in [6.45, 7) is 6.88. The second-order valence-corrected chi connectivity index (χ2v) is 4.63. The number of hydrogen-bond acceptors (Lipinski definition) is 2. The molecule has 2 aromatic rings. The molecule has 0 saturated heterocycles. The van der Waals surface area contributed by atoms with Gasteiger partial charge in [0.25, 0.3) is 0 Å². The molecule has 0 radical (unpaired) electrons. The highest BCUT2D eigenvalue weighted by molar-refractivity contribution is 5.94. The molecule has 3 nitrogen and oxygen atoms in total. The molecule has 0 fully saturated rings. The summed E-state index contributed by atoms with van der Waals surface area (Å²) in [5.41, 5.74) is 3.44. The van der Waals surface area contributed by atoms with E-state index in [1.54, 1.807) is 6.20 Å². The summed E-state index contributed by atoms with van der Waals surface area (Å²) in [6, 6.07) is 6.23. The normalized spacial score (nSPS) is 10.6. The van der Waals surface area contributed by atoms with Crippen LogP contribution < -0.4 is 0 Å². The van der Waals surface area contributed by atoms with Gasteiger partial charge in [0, 0.05) is 25.4 Å². The van der Waals surface area contributed by atoms with Crippen LogP contribution in [0.3, 0.4) is 0 Å². The molecule has 1 aromatic carbocycles. The van der Waals surface area contributed by atoms with Crippen LogP contribution in [-0.2, 0) is 13.0 Å². The van der Waals surface area contributed by atoms with Gasteiger partial charge in [-0.15, -0.1) is 0 Å². The van der Waals surface area contributed by atoms with Gasteiger partial charge in [0.15, 0.2) is 5.82 Å². The average molecular weight is 242 g/mol. The van der Waals surface area contributed by atoms with E-state index in [4.69, 9.17) is 0 Å². The lowest BCUT2D eigenvalue weighted by atomic mass is 10.0. The monoisotopic (exact) mass is 242 g/mol. The highest BCUT2D eigenvalue weighted by Gasteiger charge is 2.12. The third kappa shape index (κ3) is 2.67. The highest BCUT2D eigenvalue weighted by Crippen LogP contribution is 2.12. The summed E-state index contributed by atoms with van der Waals surface area (Å²) < 4.78 is 1.88. The second-order valence-electron chi connectivity index (χ2n) is 4.63. The lowest BCUT2D eigenvalue weighted by molar-refractivity contribution is 0.0979. The van der Waals surface area contributed by atoms with E-state index >= 15 is 0 Å². The lowest BCUT2D eigenvalue weighted by Gasteiger charge is -2.06. The van der Waals surface area contributed by atoms with Crippen molar-refractivity contribution in [1.82, 2.24) is 9.55 Å². The van der Waals surface area contributed by atoms with Crippen LogP contribution in [0.25, 0.3) is 0 Å². The molecule has 1 aromatic heterocycles. The zero-order valence-corrected chi connectivity index (χ0v) is 11.1. The molecule has 1 heterocycles. The van der Waals surface area contributed by atoms with Crippen LogP contribution in [0.1, 0.15) is 34.2 Å². The Bertz CT molecular complexity index is 549. The first-order chi connectivity index (χ1) is 8.60. The first-order valence-corrected chi connectivity index (χ1v) is 6.21. The Morgan fingerprint density at radius 1 is 1.22 bits per heavy atom. The number of nitrogens with zero attached hydrogens (tertiary/aromatic N) is 2. The van der Waals surface area contributed by atoms with Crippen LogP contribution in [-0.4, -0.2) is 15.3 Å². The molecule has 0 amide bonds. The fourth-order valence-corrected chi connectivity index (χ4v) is 2.25. The molecular weight excluding hydrogens is 224 g/mol. The number of carbonyl (C=O) groups excluding carboxylic acids is 1. The molecule has 0 aliphatic rings. The van der Waals surface area contributed by atoms with E-state index in [0.29, 0.717) is 12.2 Å². The number of benzene rings is 1. The van der Waals surface area contributed by atoms with Gasteiger partial charge in [-0.05, 0) is 26.3 Å². The molecule has 0 unspecified atom stereocenters. The van der Waals surface area contributed by atoms with Crippen molar-refractivity contribution in [3.63, 3.8) is 0 Å². The van der Waals surface area contributed by atoms with Gasteiger partial charge >= 0.3 is 0 Å². The van der Waals surface area contributed by atoms with E-state index < -0.39 is 0 Å². The summed E-state index contributed by atoms with van der Waals surface area (Å²) in [4.78, 5) is 16.3. The van der Waals surface area contributed by atoms with Crippen molar-refractivity contribution in [3.8, 4) is 0 Å². The van der Waals surface area contributed by atoms with E-state index in [1.165, 1.54) is 11.1 Å². The summed E-state index contributed by atoms with van der Waals surface area (Å²) in [6.07, 6.45) is 3.94. The number of aromatic nitrogens is 2. The number of hydrogen-bond donors (Lipinski definition) is 0. The van der Waals surface area contributed by atoms with Gasteiger partial charge in [-0.1, -0.05) is 29.3 Å². The number of Topliss-reactive ketones (excluding diaryl/α,β-unsaturated/α-hetero) is 1. The number of carbonyl (C=O) groups is 1. The Hall–Kier alpha value is -1.90. The number of imidazole rings is 1. The summed E-state index contributed by atoms with van der Waals surface area (Å²) in [7, 11) is 0. The van der Waals surface area contributed by atoms with Gasteiger partial charge in [0.05, 0.1) is 0 Å². The van der Waals surface area contributed by atoms with Crippen LogP contribution in [0.4, 0.5) is 0 Å². The molecule has 0 bridgehead atoms. The second kappa shape index (κ2) is 5.17. The van der Waals surface area contributed by atoms with Crippen LogP contribution in [0.2, 0.25) is 0 Å². The summed E-state index contributed by atoms with van der Waals surface area (Å²) in [5.74, 6) is 0.628. The third-order valence-electron chi connectivity index (χ3n) is 2.95. The topological polar surface area (TPSA) is 34.9 Å². The standard InChI is InChI=1S/C15H18N2O/c1-4-17-6-5-16-15(17)14(18)10-13-8-11(2)7-12(3)9-13/h5-9H,4,10H2,1-3H3. The summed E-state index contributed by atoms with van der Waals surface area (Å²) >= 11 is 0. The molecule has 18 heavy (non-hydrogen) atoms. The van der Waals surface area contributed by atoms with Gasteiger partial charge < -0.3 is 4.57 Å². The van der Waals surface area contributed by atoms with Crippen molar-refractivity contribution in [1.29, 1.82) is 0 Å². The Labute approximate surface area is 107 Å². The first-order valence-electron chi connectivity index (χ1n) is 6.21. The predicted molar refractivity (Wildman–Crippen MR) is 71.9 cm³/mol. The number of aryl methyl sites for hydroxylation is 3. The van der Waals surface area contributed by atoms with Crippen LogP contribution >= 0.6 is 0 Å². The maximum Gasteiger partial charge on any atom is 0.202 e. The molecule has 0 N–H and O–H groups in total. The molecular formula is C15H18N2O. The molecule has 0 atom stereocenters. The SMILES string of the molecule is CCn1ccnc1C(=O)Cc1cc(C)cc(C)c1. The van der Waals surface area contributed by atoms with Crippen molar-refractivity contribution in [3.05, 3.63) is 53.1 Å². The molecule has 3 heteroatoms. The zero-order chi connectivity index (χ0) is 13.1. The van der Waals surface area contributed by atoms with E-state index in [1.807, 2.05) is 31.5 Å². The minimum Gasteiger partial charge on any atom is -0.329 e. The summed E-state index contributed by atoms with van der Waals surface area (Å²) in [5, 5.41) is 0. The van der Waals surface area contributed by atoms with Crippen molar-refractivity contribution < 1.29 is 4.79 Å². The van der Waals surface area contributed by atoms with Crippen molar-refractivity contribution in [2.75, 3.05) is 0 Å². The predicted octanol–water partition coefficient (Wildman–Crippen LogP) is 2.95. The van der Waals surface area contributed by atoms with Crippen molar-refractivity contribution in [2.45, 2.75) is 33.7 Å². The number of ketones is 1. The van der Waals surface area contributed by atoms with Crippen LogP contribution in [0, 0.1) is 13.8 Å². The lowest BCUT2D eigenvalue weighted by Crippen LogP contribution is -2.12. The minimum atomic E-state index is 0.0758. The maximum atomic E-state index is 12.2. The van der Waals surface area contributed by atoms with Gasteiger partial charge in [0.1, 0.15) is 0 Å². The van der Waals surface area contributed by atoms with E-state index in [0.717, 1.165) is 12.1 Å². The minimum absolute atomic E-state index is 0.0758. The molecule has 0 aliphatic carbocycles. The van der Waals surface area contributed by atoms with Gasteiger partial charge in [-0.3, -0.25) is 4.79 Å². The molecule has 0 saturated carbocycles. The smallest absolute Gasteiger partial charge is 0.202 e. The quantitative estimate of drug-likeness (QED) is 0.773. The van der Waals surface area contributed by atoms with Gasteiger partial charge in [0.2, 0.25) is 5.78 Å².